The highest BCUT2D eigenvalue weighted by molar-refractivity contribution is 5.46. The lowest BCUT2D eigenvalue weighted by Gasteiger charge is -2.17. The third kappa shape index (κ3) is 3.09. The number of hydrogen-bond acceptors (Lipinski definition) is 3. The lowest BCUT2D eigenvalue weighted by atomic mass is 9.98. The molecular formula is C17H25NO2. The van der Waals surface area contributed by atoms with E-state index in [1.165, 1.54) is 31.2 Å². The molecule has 1 aromatic rings. The molecule has 0 spiro atoms. The van der Waals surface area contributed by atoms with Crippen LogP contribution in [0.5, 0.6) is 11.5 Å². The van der Waals surface area contributed by atoms with Gasteiger partial charge in [0.25, 0.3) is 0 Å². The van der Waals surface area contributed by atoms with Crippen LogP contribution in [0, 0.1) is 17.8 Å². The summed E-state index contributed by atoms with van der Waals surface area (Å²) in [5.41, 5.74) is 1.18. The van der Waals surface area contributed by atoms with Crippen molar-refractivity contribution >= 4 is 0 Å². The quantitative estimate of drug-likeness (QED) is 0.790. The monoisotopic (exact) mass is 275 g/mol. The summed E-state index contributed by atoms with van der Waals surface area (Å²) >= 11 is 0. The summed E-state index contributed by atoms with van der Waals surface area (Å²) in [5, 5.41) is 3.63. The first-order chi connectivity index (χ1) is 9.83. The number of methoxy groups -OCH3 is 2. The van der Waals surface area contributed by atoms with Gasteiger partial charge in [0.15, 0.2) is 11.5 Å². The van der Waals surface area contributed by atoms with Crippen LogP contribution in [0.3, 0.4) is 0 Å². The maximum atomic E-state index is 5.48. The van der Waals surface area contributed by atoms with Gasteiger partial charge < -0.3 is 14.8 Å². The van der Waals surface area contributed by atoms with Crippen molar-refractivity contribution in [1.82, 2.24) is 5.32 Å². The van der Waals surface area contributed by atoms with Crippen LogP contribution < -0.4 is 14.8 Å². The molecule has 3 rings (SSSR count). The lowest BCUT2D eigenvalue weighted by molar-refractivity contribution is 0.347. The van der Waals surface area contributed by atoms with E-state index in [2.05, 4.69) is 11.4 Å². The summed E-state index contributed by atoms with van der Waals surface area (Å²) in [5.74, 6) is 4.58. The Morgan fingerprint density at radius 3 is 2.35 bits per heavy atom. The fraction of sp³-hybridized carbons (Fsp3) is 0.647. The maximum absolute atomic E-state index is 5.48. The average Bonchev–Trinajstić information content (AvgIpc) is 3.36. The van der Waals surface area contributed by atoms with E-state index in [-0.39, 0.29) is 0 Å². The first-order valence-corrected chi connectivity index (χ1v) is 7.74. The largest absolute Gasteiger partial charge is 0.493 e. The van der Waals surface area contributed by atoms with Crippen molar-refractivity contribution in [1.29, 1.82) is 0 Å². The molecule has 0 unspecified atom stereocenters. The zero-order valence-corrected chi connectivity index (χ0v) is 12.5. The molecule has 0 amide bonds. The molecule has 0 atom stereocenters. The van der Waals surface area contributed by atoms with Crippen LogP contribution in [0.25, 0.3) is 0 Å². The van der Waals surface area contributed by atoms with Gasteiger partial charge in [-0.05, 0) is 56.0 Å². The Labute approximate surface area is 121 Å². The van der Waals surface area contributed by atoms with E-state index in [0.717, 1.165) is 42.3 Å². The molecule has 2 saturated carbocycles. The second kappa shape index (κ2) is 6.04. The van der Waals surface area contributed by atoms with Gasteiger partial charge in [-0.1, -0.05) is 12.1 Å². The summed E-state index contributed by atoms with van der Waals surface area (Å²) in [6.07, 6.45) is 5.80. The normalized spacial score (nSPS) is 18.4. The molecule has 2 aliphatic rings. The van der Waals surface area contributed by atoms with Crippen molar-refractivity contribution < 1.29 is 9.47 Å². The van der Waals surface area contributed by atoms with E-state index >= 15 is 0 Å². The lowest BCUT2D eigenvalue weighted by Crippen LogP contribution is -2.25. The third-order valence-electron chi connectivity index (χ3n) is 4.63. The highest BCUT2D eigenvalue weighted by Gasteiger charge is 2.40. The van der Waals surface area contributed by atoms with Crippen molar-refractivity contribution in [2.24, 2.45) is 17.8 Å². The van der Waals surface area contributed by atoms with Crippen molar-refractivity contribution in [3.8, 4) is 11.5 Å². The fourth-order valence-corrected chi connectivity index (χ4v) is 3.23. The Morgan fingerprint density at radius 2 is 1.80 bits per heavy atom. The van der Waals surface area contributed by atoms with Gasteiger partial charge in [0.05, 0.1) is 14.2 Å². The summed E-state index contributed by atoms with van der Waals surface area (Å²) in [7, 11) is 3.39. The maximum Gasteiger partial charge on any atom is 0.165 e. The van der Waals surface area contributed by atoms with Crippen LogP contribution in [-0.4, -0.2) is 20.8 Å². The molecule has 2 fully saturated rings. The van der Waals surface area contributed by atoms with Gasteiger partial charge in [-0.25, -0.2) is 0 Å². The van der Waals surface area contributed by atoms with Crippen LogP contribution in [0.2, 0.25) is 0 Å². The van der Waals surface area contributed by atoms with Gasteiger partial charge in [0, 0.05) is 12.1 Å². The highest BCUT2D eigenvalue weighted by Crippen LogP contribution is 2.48. The van der Waals surface area contributed by atoms with Crippen LogP contribution in [0.1, 0.15) is 31.2 Å². The zero-order chi connectivity index (χ0) is 13.9. The Morgan fingerprint density at radius 1 is 1.10 bits per heavy atom. The third-order valence-corrected chi connectivity index (χ3v) is 4.63. The van der Waals surface area contributed by atoms with Crippen LogP contribution in [0.4, 0.5) is 0 Å². The van der Waals surface area contributed by atoms with E-state index < -0.39 is 0 Å². The Bertz CT molecular complexity index is 440. The number of para-hydroxylation sites is 1. The van der Waals surface area contributed by atoms with Crippen molar-refractivity contribution in [2.45, 2.75) is 32.2 Å². The van der Waals surface area contributed by atoms with Gasteiger partial charge in [0.2, 0.25) is 0 Å². The molecule has 0 aromatic heterocycles. The van der Waals surface area contributed by atoms with Gasteiger partial charge in [-0.3, -0.25) is 0 Å². The predicted molar refractivity (Wildman–Crippen MR) is 80.2 cm³/mol. The van der Waals surface area contributed by atoms with E-state index in [4.69, 9.17) is 9.47 Å². The van der Waals surface area contributed by atoms with Crippen molar-refractivity contribution in [3.63, 3.8) is 0 Å². The van der Waals surface area contributed by atoms with E-state index in [1.54, 1.807) is 14.2 Å². The van der Waals surface area contributed by atoms with Gasteiger partial charge in [0.1, 0.15) is 0 Å². The molecule has 0 heterocycles. The molecule has 2 aliphatic carbocycles. The molecule has 3 heteroatoms. The summed E-state index contributed by atoms with van der Waals surface area (Å²) in [6, 6.07) is 6.08. The van der Waals surface area contributed by atoms with Gasteiger partial charge in [-0.15, -0.1) is 0 Å². The van der Waals surface area contributed by atoms with Crippen molar-refractivity contribution in [3.05, 3.63) is 23.8 Å². The SMILES string of the molecule is COc1cccc(CNCC(C2CC2)C2CC2)c1OC. The topological polar surface area (TPSA) is 30.5 Å². The van der Waals surface area contributed by atoms with Crippen LogP contribution in [0.15, 0.2) is 18.2 Å². The average molecular weight is 275 g/mol. The Balaban J connectivity index is 1.57. The molecule has 0 radical (unpaired) electrons. The summed E-state index contributed by atoms with van der Waals surface area (Å²) in [6.45, 7) is 2.01. The number of benzene rings is 1. The minimum Gasteiger partial charge on any atom is -0.493 e. The van der Waals surface area contributed by atoms with Crippen LogP contribution in [-0.2, 0) is 6.54 Å². The molecule has 1 aromatic carbocycles. The predicted octanol–water partition coefficient (Wildman–Crippen LogP) is 3.23. The molecule has 0 saturated heterocycles. The smallest absolute Gasteiger partial charge is 0.165 e. The van der Waals surface area contributed by atoms with Gasteiger partial charge >= 0.3 is 0 Å². The standard InChI is InChI=1S/C17H25NO2/c1-19-16-5-3-4-14(17(16)20-2)10-18-11-15(12-6-7-12)13-8-9-13/h3-5,12-13,15,18H,6-11H2,1-2H3. The second-order valence-electron chi connectivity index (χ2n) is 6.12. The summed E-state index contributed by atoms with van der Waals surface area (Å²) < 4.78 is 10.8. The molecule has 110 valence electrons. The molecule has 20 heavy (non-hydrogen) atoms. The van der Waals surface area contributed by atoms with Crippen LogP contribution >= 0.6 is 0 Å². The van der Waals surface area contributed by atoms with Gasteiger partial charge in [-0.2, -0.15) is 0 Å². The Kier molecular flexibility index (Phi) is 4.16. The van der Waals surface area contributed by atoms with E-state index in [9.17, 15) is 0 Å². The van der Waals surface area contributed by atoms with E-state index in [1.807, 2.05) is 12.1 Å². The first-order valence-electron chi connectivity index (χ1n) is 7.74. The molecular weight excluding hydrogens is 250 g/mol. The fourth-order valence-electron chi connectivity index (χ4n) is 3.23. The summed E-state index contributed by atoms with van der Waals surface area (Å²) in [4.78, 5) is 0. The number of ether oxygens (including phenoxy) is 2. The second-order valence-corrected chi connectivity index (χ2v) is 6.12. The highest BCUT2D eigenvalue weighted by atomic mass is 16.5. The Hall–Kier alpha value is -1.22. The zero-order valence-electron chi connectivity index (χ0n) is 12.5. The number of nitrogens with one attached hydrogen (secondary N) is 1. The molecule has 1 N–H and O–H groups in total. The molecule has 0 aliphatic heterocycles. The molecule has 0 bridgehead atoms. The first kappa shape index (κ1) is 13.7. The minimum absolute atomic E-state index is 0.813. The number of hydrogen-bond donors (Lipinski definition) is 1. The van der Waals surface area contributed by atoms with E-state index in [0.29, 0.717) is 0 Å². The van der Waals surface area contributed by atoms with Crippen molar-refractivity contribution in [2.75, 3.05) is 20.8 Å². The minimum atomic E-state index is 0.813. The number of rotatable bonds is 8. The molecule has 3 nitrogen and oxygen atoms in total.